The standard InChI is InChI=1S/C18H21FN2/c1-13-11-15(6-7-17(13)19)18(20,9-8-14-4-5-14)16-3-2-10-21-12-16/h2-3,6-7,10-12,14H,4-5,8-9,20H2,1H3. The summed E-state index contributed by atoms with van der Waals surface area (Å²) in [6.07, 6.45) is 8.18. The van der Waals surface area contributed by atoms with Gasteiger partial charge in [-0.05, 0) is 54.5 Å². The van der Waals surface area contributed by atoms with E-state index in [1.807, 2.05) is 30.5 Å². The Morgan fingerprint density at radius 3 is 2.71 bits per heavy atom. The quantitative estimate of drug-likeness (QED) is 0.903. The van der Waals surface area contributed by atoms with Crippen molar-refractivity contribution in [2.45, 2.75) is 38.1 Å². The number of nitrogens with zero attached hydrogens (tertiary/aromatic N) is 1. The Hall–Kier alpha value is -1.74. The van der Waals surface area contributed by atoms with Crippen LogP contribution < -0.4 is 5.73 Å². The minimum atomic E-state index is -0.588. The summed E-state index contributed by atoms with van der Waals surface area (Å²) in [6, 6.07) is 9.11. The van der Waals surface area contributed by atoms with Crippen LogP contribution in [0, 0.1) is 18.7 Å². The van der Waals surface area contributed by atoms with Gasteiger partial charge in [0.2, 0.25) is 0 Å². The zero-order chi connectivity index (χ0) is 14.9. The van der Waals surface area contributed by atoms with Crippen LogP contribution in [0.3, 0.4) is 0 Å². The lowest BCUT2D eigenvalue weighted by molar-refractivity contribution is 0.453. The smallest absolute Gasteiger partial charge is 0.126 e. The van der Waals surface area contributed by atoms with E-state index in [9.17, 15) is 4.39 Å². The third-order valence-corrected chi connectivity index (χ3v) is 4.49. The molecule has 110 valence electrons. The van der Waals surface area contributed by atoms with Gasteiger partial charge < -0.3 is 5.73 Å². The Kier molecular flexibility index (Phi) is 3.77. The van der Waals surface area contributed by atoms with Crippen LogP contribution in [0.15, 0.2) is 42.7 Å². The molecule has 0 saturated heterocycles. The molecule has 2 nitrogen and oxygen atoms in total. The van der Waals surface area contributed by atoms with Crippen LogP contribution in [0.2, 0.25) is 0 Å². The molecule has 1 aromatic carbocycles. The minimum absolute atomic E-state index is 0.186. The molecule has 21 heavy (non-hydrogen) atoms. The first kappa shape index (κ1) is 14.2. The fourth-order valence-electron chi connectivity index (χ4n) is 2.84. The molecule has 0 bridgehead atoms. The topological polar surface area (TPSA) is 38.9 Å². The second-order valence-electron chi connectivity index (χ2n) is 6.16. The van der Waals surface area contributed by atoms with Gasteiger partial charge in [0.15, 0.2) is 0 Å². The molecule has 1 aromatic heterocycles. The van der Waals surface area contributed by atoms with E-state index in [0.717, 1.165) is 29.9 Å². The molecular formula is C18H21FN2. The van der Waals surface area contributed by atoms with Crippen molar-refractivity contribution >= 4 is 0 Å². The molecule has 1 aliphatic rings. The fourth-order valence-corrected chi connectivity index (χ4v) is 2.84. The van der Waals surface area contributed by atoms with Gasteiger partial charge in [0, 0.05) is 12.4 Å². The second-order valence-corrected chi connectivity index (χ2v) is 6.16. The normalized spacial score (nSPS) is 17.5. The van der Waals surface area contributed by atoms with Crippen molar-refractivity contribution in [1.82, 2.24) is 4.98 Å². The van der Waals surface area contributed by atoms with Crippen LogP contribution >= 0.6 is 0 Å². The van der Waals surface area contributed by atoms with Gasteiger partial charge in [0.25, 0.3) is 0 Å². The molecular weight excluding hydrogens is 263 g/mol. The first-order valence-corrected chi connectivity index (χ1v) is 7.55. The van der Waals surface area contributed by atoms with Crippen molar-refractivity contribution in [2.24, 2.45) is 11.7 Å². The highest BCUT2D eigenvalue weighted by atomic mass is 19.1. The number of nitrogens with two attached hydrogens (primary N) is 1. The van der Waals surface area contributed by atoms with E-state index in [0.29, 0.717) is 5.56 Å². The van der Waals surface area contributed by atoms with E-state index in [2.05, 4.69) is 4.98 Å². The number of hydrogen-bond acceptors (Lipinski definition) is 2. The van der Waals surface area contributed by atoms with E-state index in [4.69, 9.17) is 5.73 Å². The first-order valence-electron chi connectivity index (χ1n) is 7.55. The van der Waals surface area contributed by atoms with E-state index in [-0.39, 0.29) is 5.82 Å². The van der Waals surface area contributed by atoms with Crippen molar-refractivity contribution in [3.8, 4) is 0 Å². The summed E-state index contributed by atoms with van der Waals surface area (Å²) in [6.45, 7) is 1.78. The molecule has 0 spiro atoms. The maximum atomic E-state index is 13.6. The first-order chi connectivity index (χ1) is 10.1. The lowest BCUT2D eigenvalue weighted by atomic mass is 9.80. The largest absolute Gasteiger partial charge is 0.318 e. The lowest BCUT2D eigenvalue weighted by Crippen LogP contribution is -2.38. The summed E-state index contributed by atoms with van der Waals surface area (Å²) in [5.74, 6) is 0.626. The summed E-state index contributed by atoms with van der Waals surface area (Å²) in [5.41, 5.74) is 8.79. The molecule has 3 heteroatoms. The molecule has 2 N–H and O–H groups in total. The molecule has 2 aromatic rings. The third kappa shape index (κ3) is 2.98. The minimum Gasteiger partial charge on any atom is -0.318 e. The fraction of sp³-hybridized carbons (Fsp3) is 0.389. The summed E-state index contributed by atoms with van der Waals surface area (Å²) < 4.78 is 13.6. The number of rotatable bonds is 5. The van der Waals surface area contributed by atoms with Gasteiger partial charge in [-0.2, -0.15) is 0 Å². The number of pyridine rings is 1. The molecule has 1 fully saturated rings. The van der Waals surface area contributed by atoms with Crippen molar-refractivity contribution in [2.75, 3.05) is 0 Å². The van der Waals surface area contributed by atoms with E-state index >= 15 is 0 Å². The molecule has 0 amide bonds. The van der Waals surface area contributed by atoms with Crippen molar-refractivity contribution in [3.05, 3.63) is 65.2 Å². The van der Waals surface area contributed by atoms with Gasteiger partial charge in [-0.25, -0.2) is 4.39 Å². The molecule has 0 aliphatic heterocycles. The maximum absolute atomic E-state index is 13.6. The SMILES string of the molecule is Cc1cc(C(N)(CCC2CC2)c2cccnc2)ccc1F. The zero-order valence-corrected chi connectivity index (χ0v) is 12.3. The van der Waals surface area contributed by atoms with Crippen LogP contribution in [0.25, 0.3) is 0 Å². The number of benzene rings is 1. The lowest BCUT2D eigenvalue weighted by Gasteiger charge is -2.31. The third-order valence-electron chi connectivity index (χ3n) is 4.49. The highest BCUT2D eigenvalue weighted by Crippen LogP contribution is 2.39. The summed E-state index contributed by atoms with van der Waals surface area (Å²) in [4.78, 5) is 4.20. The number of aryl methyl sites for hydroxylation is 1. The van der Waals surface area contributed by atoms with Crippen LogP contribution in [0.5, 0.6) is 0 Å². The van der Waals surface area contributed by atoms with Gasteiger partial charge in [-0.1, -0.05) is 31.0 Å². The van der Waals surface area contributed by atoms with Crippen molar-refractivity contribution in [3.63, 3.8) is 0 Å². The molecule has 3 rings (SSSR count). The number of aromatic nitrogens is 1. The molecule has 1 heterocycles. The number of halogens is 1. The molecule has 1 aliphatic carbocycles. The Bertz CT molecular complexity index is 622. The Morgan fingerprint density at radius 1 is 1.29 bits per heavy atom. The van der Waals surface area contributed by atoms with Crippen LogP contribution in [0.1, 0.15) is 42.4 Å². The van der Waals surface area contributed by atoms with Gasteiger partial charge in [-0.15, -0.1) is 0 Å². The van der Waals surface area contributed by atoms with Gasteiger partial charge in [0.1, 0.15) is 5.82 Å². The van der Waals surface area contributed by atoms with Crippen LogP contribution in [0.4, 0.5) is 4.39 Å². The average Bonchev–Trinajstić information content (AvgIpc) is 3.33. The summed E-state index contributed by atoms with van der Waals surface area (Å²) in [7, 11) is 0. The Labute approximate surface area is 125 Å². The van der Waals surface area contributed by atoms with E-state index in [1.165, 1.54) is 18.9 Å². The molecule has 1 saturated carbocycles. The summed E-state index contributed by atoms with van der Waals surface area (Å²) >= 11 is 0. The maximum Gasteiger partial charge on any atom is 0.126 e. The van der Waals surface area contributed by atoms with E-state index < -0.39 is 5.54 Å². The highest BCUT2D eigenvalue weighted by Gasteiger charge is 2.33. The average molecular weight is 284 g/mol. The Morgan fingerprint density at radius 2 is 2.10 bits per heavy atom. The number of hydrogen-bond donors (Lipinski definition) is 1. The molecule has 0 radical (unpaired) electrons. The monoisotopic (exact) mass is 284 g/mol. The predicted octanol–water partition coefficient (Wildman–Crippen LogP) is 3.92. The molecule has 1 atom stereocenters. The summed E-state index contributed by atoms with van der Waals surface area (Å²) in [5, 5.41) is 0. The van der Waals surface area contributed by atoms with Crippen molar-refractivity contribution in [1.29, 1.82) is 0 Å². The van der Waals surface area contributed by atoms with Gasteiger partial charge >= 0.3 is 0 Å². The Balaban J connectivity index is 1.99. The van der Waals surface area contributed by atoms with Gasteiger partial charge in [0.05, 0.1) is 5.54 Å². The van der Waals surface area contributed by atoms with Crippen LogP contribution in [-0.2, 0) is 5.54 Å². The molecule has 1 unspecified atom stereocenters. The predicted molar refractivity (Wildman–Crippen MR) is 82.3 cm³/mol. The van der Waals surface area contributed by atoms with Crippen molar-refractivity contribution < 1.29 is 4.39 Å². The van der Waals surface area contributed by atoms with Gasteiger partial charge in [-0.3, -0.25) is 4.98 Å². The van der Waals surface area contributed by atoms with E-state index in [1.54, 1.807) is 13.1 Å². The van der Waals surface area contributed by atoms with Crippen LogP contribution in [-0.4, -0.2) is 4.98 Å². The zero-order valence-electron chi connectivity index (χ0n) is 12.3. The highest BCUT2D eigenvalue weighted by molar-refractivity contribution is 5.38. The second kappa shape index (κ2) is 5.57.